The molecule has 0 radical (unpaired) electrons. The number of ether oxygens (including phenoxy) is 3. The molecule has 1 saturated heterocycles. The molecule has 1 unspecified atom stereocenters. The molecule has 1 fully saturated rings. The molecule has 1 aromatic carbocycles. The van der Waals surface area contributed by atoms with Crippen LogP contribution in [0.4, 0.5) is 0 Å². The number of benzene rings is 1. The third-order valence-electron chi connectivity index (χ3n) is 4.07. The van der Waals surface area contributed by atoms with Crippen LogP contribution in [0.15, 0.2) is 24.3 Å². The number of piperidine rings is 1. The van der Waals surface area contributed by atoms with Crippen molar-refractivity contribution in [2.45, 2.75) is 45.6 Å². The van der Waals surface area contributed by atoms with E-state index in [9.17, 15) is 4.79 Å². The number of hydrogen-bond acceptors (Lipinski definition) is 4. The summed E-state index contributed by atoms with van der Waals surface area (Å²) in [7, 11) is 0. The third kappa shape index (κ3) is 5.71. The predicted molar refractivity (Wildman–Crippen MR) is 93.6 cm³/mol. The van der Waals surface area contributed by atoms with Crippen molar-refractivity contribution >= 4 is 5.91 Å². The Bertz CT molecular complexity index is 504. The molecular weight excluding hydrogens is 306 g/mol. The molecule has 5 heteroatoms. The first kappa shape index (κ1) is 18.6. The van der Waals surface area contributed by atoms with Gasteiger partial charge in [-0.25, -0.2) is 0 Å². The van der Waals surface area contributed by atoms with Gasteiger partial charge >= 0.3 is 0 Å². The highest BCUT2D eigenvalue weighted by molar-refractivity contribution is 5.76. The van der Waals surface area contributed by atoms with Crippen molar-refractivity contribution in [3.63, 3.8) is 0 Å². The van der Waals surface area contributed by atoms with Gasteiger partial charge in [0.25, 0.3) is 0 Å². The van der Waals surface area contributed by atoms with E-state index < -0.39 is 0 Å². The lowest BCUT2D eigenvalue weighted by atomic mass is 10.1. The Kier molecular flexibility index (Phi) is 7.89. The van der Waals surface area contributed by atoms with Crippen LogP contribution in [0.2, 0.25) is 0 Å². The summed E-state index contributed by atoms with van der Waals surface area (Å²) in [6, 6.07) is 7.63. The fraction of sp³-hybridized carbons (Fsp3) is 0.632. The highest BCUT2D eigenvalue weighted by Gasteiger charge is 2.23. The first-order chi connectivity index (χ1) is 11.7. The second kappa shape index (κ2) is 10.2. The number of nitrogens with zero attached hydrogens (tertiary/aromatic N) is 1. The lowest BCUT2D eigenvalue weighted by Crippen LogP contribution is -2.43. The summed E-state index contributed by atoms with van der Waals surface area (Å²) in [4.78, 5) is 14.2. The van der Waals surface area contributed by atoms with E-state index in [0.29, 0.717) is 32.7 Å². The second-order valence-corrected chi connectivity index (χ2v) is 5.89. The van der Waals surface area contributed by atoms with E-state index in [1.54, 1.807) is 0 Å². The lowest BCUT2D eigenvalue weighted by Gasteiger charge is -2.32. The van der Waals surface area contributed by atoms with Gasteiger partial charge in [-0.05, 0) is 45.2 Å². The minimum Gasteiger partial charge on any atom is -0.490 e. The van der Waals surface area contributed by atoms with Crippen molar-refractivity contribution in [1.82, 2.24) is 4.90 Å². The van der Waals surface area contributed by atoms with E-state index in [2.05, 4.69) is 0 Å². The first-order valence-electron chi connectivity index (χ1n) is 8.98. The molecule has 0 saturated carbocycles. The highest BCUT2D eigenvalue weighted by Crippen LogP contribution is 2.26. The monoisotopic (exact) mass is 335 g/mol. The fourth-order valence-electron chi connectivity index (χ4n) is 2.94. The molecule has 134 valence electrons. The normalized spacial score (nSPS) is 17.6. The van der Waals surface area contributed by atoms with Gasteiger partial charge in [-0.1, -0.05) is 12.1 Å². The zero-order chi connectivity index (χ0) is 17.2. The summed E-state index contributed by atoms with van der Waals surface area (Å²) in [6.07, 6.45) is 3.48. The van der Waals surface area contributed by atoms with Crippen LogP contribution in [0.3, 0.4) is 0 Å². The molecule has 24 heavy (non-hydrogen) atoms. The predicted octanol–water partition coefficient (Wildman–Crippen LogP) is 3.27. The van der Waals surface area contributed by atoms with Crippen LogP contribution in [-0.4, -0.2) is 49.8 Å². The average molecular weight is 335 g/mol. The number of carbonyl (C=O) groups excluding carboxylic acids is 1. The number of likely N-dealkylation sites (tertiary alicyclic amines) is 1. The first-order valence-corrected chi connectivity index (χ1v) is 8.98. The molecule has 0 spiro atoms. The van der Waals surface area contributed by atoms with Gasteiger partial charge < -0.3 is 19.1 Å². The van der Waals surface area contributed by atoms with Crippen LogP contribution >= 0.6 is 0 Å². The number of amides is 1. The molecule has 1 aliphatic rings. The van der Waals surface area contributed by atoms with Gasteiger partial charge in [0.2, 0.25) is 5.91 Å². The summed E-state index contributed by atoms with van der Waals surface area (Å²) < 4.78 is 16.9. The van der Waals surface area contributed by atoms with Crippen LogP contribution in [0.1, 0.15) is 39.5 Å². The van der Waals surface area contributed by atoms with E-state index in [1.165, 1.54) is 0 Å². The van der Waals surface area contributed by atoms with E-state index in [0.717, 1.165) is 37.4 Å². The van der Waals surface area contributed by atoms with Gasteiger partial charge in [-0.15, -0.1) is 0 Å². The van der Waals surface area contributed by atoms with Crippen molar-refractivity contribution in [1.29, 1.82) is 0 Å². The molecule has 1 atom stereocenters. The van der Waals surface area contributed by atoms with Crippen molar-refractivity contribution in [2.75, 3.05) is 32.9 Å². The van der Waals surface area contributed by atoms with E-state index in [1.807, 2.05) is 43.0 Å². The van der Waals surface area contributed by atoms with Gasteiger partial charge in [0, 0.05) is 26.1 Å². The van der Waals surface area contributed by atoms with Gasteiger partial charge in [-0.2, -0.15) is 0 Å². The second-order valence-electron chi connectivity index (χ2n) is 5.89. The van der Waals surface area contributed by atoms with Crippen LogP contribution in [0, 0.1) is 0 Å². The van der Waals surface area contributed by atoms with Crippen molar-refractivity contribution in [2.24, 2.45) is 0 Å². The molecule has 0 aliphatic carbocycles. The molecule has 0 bridgehead atoms. The van der Waals surface area contributed by atoms with Gasteiger partial charge in [-0.3, -0.25) is 4.79 Å². The van der Waals surface area contributed by atoms with Gasteiger partial charge in [0.15, 0.2) is 11.5 Å². The van der Waals surface area contributed by atoms with E-state index >= 15 is 0 Å². The Morgan fingerprint density at radius 2 is 1.92 bits per heavy atom. The van der Waals surface area contributed by atoms with Gasteiger partial charge in [0.05, 0.1) is 19.3 Å². The number of carbonyl (C=O) groups is 1. The molecule has 0 N–H and O–H groups in total. The minimum absolute atomic E-state index is 0.195. The number of rotatable bonds is 9. The zero-order valence-corrected chi connectivity index (χ0v) is 14.8. The molecular formula is C19H29NO4. The molecule has 5 nitrogen and oxygen atoms in total. The maximum absolute atomic E-state index is 12.3. The van der Waals surface area contributed by atoms with Crippen molar-refractivity contribution < 1.29 is 19.0 Å². The van der Waals surface area contributed by atoms with Crippen LogP contribution < -0.4 is 9.47 Å². The quantitative estimate of drug-likeness (QED) is 0.650. The molecule has 1 aliphatic heterocycles. The van der Waals surface area contributed by atoms with Crippen LogP contribution in [-0.2, 0) is 9.53 Å². The Morgan fingerprint density at radius 1 is 1.17 bits per heavy atom. The van der Waals surface area contributed by atoms with Gasteiger partial charge in [0.1, 0.15) is 0 Å². The fourth-order valence-corrected chi connectivity index (χ4v) is 2.94. The van der Waals surface area contributed by atoms with Crippen molar-refractivity contribution in [3.8, 4) is 11.5 Å². The summed E-state index contributed by atoms with van der Waals surface area (Å²) in [5.74, 6) is 1.68. The maximum Gasteiger partial charge on any atom is 0.222 e. The molecule has 0 aromatic heterocycles. The summed E-state index contributed by atoms with van der Waals surface area (Å²) in [5.41, 5.74) is 0. The summed E-state index contributed by atoms with van der Waals surface area (Å²) in [6.45, 7) is 7.34. The third-order valence-corrected chi connectivity index (χ3v) is 4.07. The van der Waals surface area contributed by atoms with Crippen molar-refractivity contribution in [3.05, 3.63) is 24.3 Å². The molecule has 1 amide bonds. The summed E-state index contributed by atoms with van der Waals surface area (Å²) in [5, 5.41) is 0. The zero-order valence-electron chi connectivity index (χ0n) is 14.8. The van der Waals surface area contributed by atoms with Crippen LogP contribution in [0.25, 0.3) is 0 Å². The van der Waals surface area contributed by atoms with Crippen LogP contribution in [0.5, 0.6) is 11.5 Å². The molecule has 1 heterocycles. The largest absolute Gasteiger partial charge is 0.490 e. The maximum atomic E-state index is 12.3. The SMILES string of the molecule is CCOc1ccccc1OCCCC(=O)N1CCCC(OCC)C1. The highest BCUT2D eigenvalue weighted by atomic mass is 16.5. The molecule has 2 rings (SSSR count). The Hall–Kier alpha value is -1.75. The van der Waals surface area contributed by atoms with E-state index in [-0.39, 0.29) is 12.0 Å². The standard InChI is InChI=1S/C19H29NO4/c1-3-22-16-9-7-13-20(15-16)19(21)12-8-14-24-18-11-6-5-10-17(18)23-4-2/h5-6,10-11,16H,3-4,7-9,12-15H2,1-2H3. The molecule has 1 aromatic rings. The van der Waals surface area contributed by atoms with E-state index in [4.69, 9.17) is 14.2 Å². The number of para-hydroxylation sites is 2. The topological polar surface area (TPSA) is 48.0 Å². The Labute approximate surface area is 144 Å². The Balaban J connectivity index is 1.71. The smallest absolute Gasteiger partial charge is 0.222 e. The minimum atomic E-state index is 0.195. The summed E-state index contributed by atoms with van der Waals surface area (Å²) >= 11 is 0. The number of hydrogen-bond donors (Lipinski definition) is 0. The Morgan fingerprint density at radius 3 is 2.62 bits per heavy atom. The lowest BCUT2D eigenvalue weighted by molar-refractivity contribution is -0.135. The average Bonchev–Trinajstić information content (AvgIpc) is 2.60.